The number of methoxy groups -OCH3 is 1. The zero-order valence-corrected chi connectivity index (χ0v) is 21.5. The van der Waals surface area contributed by atoms with E-state index in [0.717, 1.165) is 26.9 Å². The molecule has 1 amide bonds. The molecular weight excluding hydrogens is 526 g/mol. The lowest BCUT2D eigenvalue weighted by molar-refractivity contribution is -0.119. The lowest BCUT2D eigenvalue weighted by atomic mass is 10.0. The molecule has 0 bridgehead atoms. The molecule has 0 saturated carbocycles. The summed E-state index contributed by atoms with van der Waals surface area (Å²) < 4.78 is 7.43. The minimum atomic E-state index is -0.730. The van der Waals surface area contributed by atoms with Gasteiger partial charge in [-0.3, -0.25) is 19.5 Å². The first kappa shape index (κ1) is 23.7. The summed E-state index contributed by atoms with van der Waals surface area (Å²) in [6.45, 7) is 4.24. The van der Waals surface area contributed by atoms with Crippen LogP contribution in [0.15, 0.2) is 39.9 Å². The number of rotatable bonds is 8. The van der Waals surface area contributed by atoms with E-state index in [4.69, 9.17) is 4.74 Å². The summed E-state index contributed by atoms with van der Waals surface area (Å²) in [7, 11) is 1.57. The summed E-state index contributed by atoms with van der Waals surface area (Å²) in [6, 6.07) is 7.15. The van der Waals surface area contributed by atoms with Crippen LogP contribution < -0.4 is 10.9 Å². The maximum absolute atomic E-state index is 13.7. The fraction of sp³-hybridized carbons (Fsp3) is 0.318. The second-order valence-corrected chi connectivity index (χ2v) is 10.3. The normalized spacial score (nSPS) is 12.2. The largest absolute Gasteiger partial charge is 0.377 e. The van der Waals surface area contributed by atoms with Gasteiger partial charge in [0.1, 0.15) is 22.5 Å². The van der Waals surface area contributed by atoms with Gasteiger partial charge in [0.2, 0.25) is 11.0 Å². The van der Waals surface area contributed by atoms with Crippen molar-refractivity contribution in [1.82, 2.24) is 19.7 Å². The zero-order valence-electron chi connectivity index (χ0n) is 18.3. The van der Waals surface area contributed by atoms with E-state index in [1.54, 1.807) is 7.11 Å². The molecule has 1 atom stereocenters. The van der Waals surface area contributed by atoms with Crippen LogP contribution in [0.4, 0.5) is 5.13 Å². The van der Waals surface area contributed by atoms with E-state index in [-0.39, 0.29) is 11.5 Å². The number of aromatic nitrogens is 4. The van der Waals surface area contributed by atoms with Gasteiger partial charge in [-0.1, -0.05) is 53.2 Å². The Bertz CT molecular complexity index is 1350. The number of halogens is 1. The van der Waals surface area contributed by atoms with Gasteiger partial charge in [-0.2, -0.15) is 0 Å². The first-order valence-corrected chi connectivity index (χ1v) is 12.8. The number of nitrogens with one attached hydrogen (secondary N) is 1. The average molecular weight is 548 g/mol. The third kappa shape index (κ3) is 4.77. The van der Waals surface area contributed by atoms with Crippen molar-refractivity contribution in [3.63, 3.8) is 0 Å². The van der Waals surface area contributed by atoms with Gasteiger partial charge in [0.05, 0.1) is 11.7 Å². The highest BCUT2D eigenvalue weighted by atomic mass is 79.9. The number of aryl methyl sites for hydroxylation is 1. The molecule has 33 heavy (non-hydrogen) atoms. The highest BCUT2D eigenvalue weighted by Crippen LogP contribution is 2.37. The molecule has 1 N–H and O–H groups in total. The highest BCUT2D eigenvalue weighted by molar-refractivity contribution is 9.10. The smallest absolute Gasteiger partial charge is 0.263 e. The molecule has 0 aliphatic carbocycles. The van der Waals surface area contributed by atoms with Gasteiger partial charge < -0.3 is 4.74 Å². The fourth-order valence-corrected chi connectivity index (χ4v) is 5.70. The van der Waals surface area contributed by atoms with Crippen LogP contribution in [-0.4, -0.2) is 32.8 Å². The first-order valence-electron chi connectivity index (χ1n) is 10.4. The van der Waals surface area contributed by atoms with Crippen molar-refractivity contribution in [2.75, 3.05) is 12.4 Å². The molecule has 172 valence electrons. The zero-order chi connectivity index (χ0) is 23.5. The van der Waals surface area contributed by atoms with E-state index in [0.29, 0.717) is 33.4 Å². The van der Waals surface area contributed by atoms with Gasteiger partial charge in [-0.25, -0.2) is 4.98 Å². The number of benzene rings is 1. The lowest BCUT2D eigenvalue weighted by Gasteiger charge is -2.16. The summed E-state index contributed by atoms with van der Waals surface area (Å²) >= 11 is 6.22. The van der Waals surface area contributed by atoms with E-state index in [1.165, 1.54) is 33.6 Å². The molecule has 8 nitrogen and oxygen atoms in total. The van der Waals surface area contributed by atoms with Crippen LogP contribution >= 0.6 is 38.6 Å². The monoisotopic (exact) mass is 547 g/mol. The minimum absolute atomic E-state index is 0.229. The predicted molar refractivity (Wildman–Crippen MR) is 135 cm³/mol. The number of nitrogens with zero attached hydrogens (tertiary/aromatic N) is 4. The summed E-state index contributed by atoms with van der Waals surface area (Å²) in [4.78, 5) is 33.0. The summed E-state index contributed by atoms with van der Waals surface area (Å²) in [5, 5.41) is 12.3. The van der Waals surface area contributed by atoms with Crippen LogP contribution in [-0.2, 0) is 22.6 Å². The van der Waals surface area contributed by atoms with Crippen LogP contribution in [0.3, 0.4) is 0 Å². The average Bonchev–Trinajstić information content (AvgIpc) is 3.41. The highest BCUT2D eigenvalue weighted by Gasteiger charge is 2.25. The Kier molecular flexibility index (Phi) is 7.32. The predicted octanol–water partition coefficient (Wildman–Crippen LogP) is 5.04. The number of amides is 1. The molecule has 0 aliphatic rings. The van der Waals surface area contributed by atoms with Gasteiger partial charge in [0.15, 0.2) is 0 Å². The Hall–Kier alpha value is -2.47. The summed E-state index contributed by atoms with van der Waals surface area (Å²) in [5.74, 6) is -0.336. The topological polar surface area (TPSA) is 99.0 Å². The Balaban J connectivity index is 1.75. The lowest BCUT2D eigenvalue weighted by Crippen LogP contribution is -2.33. The van der Waals surface area contributed by atoms with Gasteiger partial charge in [0.25, 0.3) is 5.56 Å². The van der Waals surface area contributed by atoms with E-state index in [1.807, 2.05) is 31.2 Å². The molecule has 4 rings (SSSR count). The second kappa shape index (κ2) is 10.2. The van der Waals surface area contributed by atoms with Crippen molar-refractivity contribution in [2.24, 2.45) is 0 Å². The SMILES string of the molecule is CCc1sc2ncn(C(CC)C(=O)Nc3nnc(COC)s3)c(=O)c2c1-c1ccc(Br)cc1. The maximum Gasteiger partial charge on any atom is 0.263 e. The van der Waals surface area contributed by atoms with Crippen molar-refractivity contribution >= 4 is 59.9 Å². The van der Waals surface area contributed by atoms with Gasteiger partial charge in [-0.15, -0.1) is 21.5 Å². The Morgan fingerprint density at radius 1 is 1.21 bits per heavy atom. The quantitative estimate of drug-likeness (QED) is 0.331. The van der Waals surface area contributed by atoms with Crippen LogP contribution in [0.2, 0.25) is 0 Å². The standard InChI is InChI=1S/C22H22BrN5O3S2/c1-4-14(19(29)25-22-27-26-16(33-22)10-31-3)28-11-24-20-18(21(28)30)17(15(5-2)32-20)12-6-8-13(23)9-7-12/h6-9,11,14H,4-5,10H2,1-3H3,(H,25,27,29). The third-order valence-corrected chi connectivity index (χ3v) is 7.74. The molecule has 3 heterocycles. The van der Waals surface area contributed by atoms with Crippen molar-refractivity contribution in [3.05, 3.63) is 55.3 Å². The molecule has 4 aromatic rings. The number of fused-ring (bicyclic) bond motifs is 1. The van der Waals surface area contributed by atoms with E-state index < -0.39 is 6.04 Å². The van der Waals surface area contributed by atoms with Crippen molar-refractivity contribution in [3.8, 4) is 11.1 Å². The number of carbonyl (C=O) groups excluding carboxylic acids is 1. The van der Waals surface area contributed by atoms with Gasteiger partial charge in [-0.05, 0) is 30.5 Å². The summed E-state index contributed by atoms with van der Waals surface area (Å²) in [6.07, 6.45) is 2.67. The third-order valence-electron chi connectivity index (χ3n) is 5.15. The van der Waals surface area contributed by atoms with Crippen molar-refractivity contribution in [2.45, 2.75) is 39.3 Å². The van der Waals surface area contributed by atoms with Crippen molar-refractivity contribution < 1.29 is 9.53 Å². The number of anilines is 1. The second-order valence-electron chi connectivity index (χ2n) is 7.25. The maximum atomic E-state index is 13.7. The van der Waals surface area contributed by atoms with Crippen LogP contribution in [0, 0.1) is 0 Å². The molecule has 0 radical (unpaired) electrons. The van der Waals surface area contributed by atoms with Crippen molar-refractivity contribution in [1.29, 1.82) is 0 Å². The molecule has 1 aromatic carbocycles. The minimum Gasteiger partial charge on any atom is -0.377 e. The van der Waals surface area contributed by atoms with E-state index in [9.17, 15) is 9.59 Å². The summed E-state index contributed by atoms with van der Waals surface area (Å²) in [5.41, 5.74) is 1.61. The van der Waals surface area contributed by atoms with Crippen LogP contribution in [0.1, 0.15) is 36.2 Å². The Morgan fingerprint density at radius 3 is 2.64 bits per heavy atom. The number of thiophene rings is 1. The molecule has 0 spiro atoms. The Labute approximate surface area is 206 Å². The number of hydrogen-bond acceptors (Lipinski definition) is 8. The molecule has 0 aliphatic heterocycles. The molecular formula is C22H22BrN5O3S2. The molecule has 3 aromatic heterocycles. The van der Waals surface area contributed by atoms with E-state index >= 15 is 0 Å². The van der Waals surface area contributed by atoms with Gasteiger partial charge >= 0.3 is 0 Å². The fourth-order valence-electron chi connectivity index (χ4n) is 3.63. The van der Waals surface area contributed by atoms with E-state index in [2.05, 4.69) is 43.4 Å². The van der Waals surface area contributed by atoms with Crippen LogP contribution in [0.5, 0.6) is 0 Å². The van der Waals surface area contributed by atoms with Crippen LogP contribution in [0.25, 0.3) is 21.3 Å². The molecule has 11 heteroatoms. The molecule has 0 fully saturated rings. The number of ether oxygens (including phenoxy) is 1. The first-order chi connectivity index (χ1) is 16.0. The Morgan fingerprint density at radius 2 is 1.97 bits per heavy atom. The number of carbonyl (C=O) groups is 1. The number of hydrogen-bond donors (Lipinski definition) is 1. The molecule has 1 unspecified atom stereocenters. The molecule has 0 saturated heterocycles. The van der Waals surface area contributed by atoms with Gasteiger partial charge in [0, 0.05) is 22.0 Å².